The van der Waals surface area contributed by atoms with Crippen LogP contribution < -0.4 is 15.8 Å². The fourth-order valence-electron chi connectivity index (χ4n) is 3.37. The van der Waals surface area contributed by atoms with Gasteiger partial charge >= 0.3 is 0 Å². The number of amides is 1. The number of rotatable bonds is 6. The molecule has 4 N–H and O–H groups in total. The number of benzene rings is 1. The highest BCUT2D eigenvalue weighted by atomic mass is 35.5. The average Bonchev–Trinajstić information content (AvgIpc) is 3.37. The molecule has 2 aliphatic rings. The molecule has 2 aliphatic carbocycles. The van der Waals surface area contributed by atoms with Gasteiger partial charge in [0.15, 0.2) is 0 Å². The predicted molar refractivity (Wildman–Crippen MR) is 105 cm³/mol. The van der Waals surface area contributed by atoms with Crippen LogP contribution in [0.5, 0.6) is 0 Å². The van der Waals surface area contributed by atoms with E-state index in [1.165, 1.54) is 12.1 Å². The smallest absolute Gasteiger partial charge is 0.240 e. The molecular formula is C18H28ClN3O3S. The zero-order chi connectivity index (χ0) is 18.1. The van der Waals surface area contributed by atoms with Gasteiger partial charge in [-0.2, -0.15) is 0 Å². The third-order valence-corrected chi connectivity index (χ3v) is 6.70. The molecule has 26 heavy (non-hydrogen) atoms. The Morgan fingerprint density at radius 3 is 2.42 bits per heavy atom. The first-order valence-corrected chi connectivity index (χ1v) is 10.5. The molecule has 6 nitrogen and oxygen atoms in total. The lowest BCUT2D eigenvalue weighted by molar-refractivity contribution is -0.122. The van der Waals surface area contributed by atoms with E-state index in [4.69, 9.17) is 5.73 Å². The van der Waals surface area contributed by atoms with Crippen molar-refractivity contribution in [2.24, 2.45) is 17.6 Å². The molecule has 146 valence electrons. The van der Waals surface area contributed by atoms with Gasteiger partial charge in [0.2, 0.25) is 15.9 Å². The van der Waals surface area contributed by atoms with Crippen LogP contribution in [-0.2, 0) is 14.8 Å². The molecule has 0 bridgehead atoms. The van der Waals surface area contributed by atoms with E-state index >= 15 is 0 Å². The summed E-state index contributed by atoms with van der Waals surface area (Å²) in [6.07, 6.45) is 5.88. The van der Waals surface area contributed by atoms with Gasteiger partial charge in [-0.25, -0.2) is 13.1 Å². The number of carbonyl (C=O) groups is 1. The molecule has 1 aromatic carbocycles. The average molecular weight is 402 g/mol. The monoisotopic (exact) mass is 401 g/mol. The Labute approximate surface area is 161 Å². The van der Waals surface area contributed by atoms with E-state index in [1.807, 2.05) is 6.92 Å². The summed E-state index contributed by atoms with van der Waals surface area (Å²) in [5, 5.41) is 2.87. The van der Waals surface area contributed by atoms with E-state index in [1.54, 1.807) is 12.1 Å². The van der Waals surface area contributed by atoms with Crippen LogP contribution in [0.1, 0.15) is 45.4 Å². The number of anilines is 1. The lowest BCUT2D eigenvalue weighted by atomic mass is 9.74. The lowest BCUT2D eigenvalue weighted by Crippen LogP contribution is -2.51. The van der Waals surface area contributed by atoms with E-state index in [-0.39, 0.29) is 29.1 Å². The van der Waals surface area contributed by atoms with Crippen molar-refractivity contribution >= 4 is 34.0 Å². The van der Waals surface area contributed by atoms with Gasteiger partial charge in [0, 0.05) is 17.8 Å². The van der Waals surface area contributed by atoms with Crippen LogP contribution in [0.25, 0.3) is 0 Å². The molecule has 2 saturated carbocycles. The fraction of sp³-hybridized carbons (Fsp3) is 0.611. The number of nitrogens with one attached hydrogen (secondary N) is 2. The predicted octanol–water partition coefficient (Wildman–Crippen LogP) is 2.64. The molecule has 2 unspecified atom stereocenters. The van der Waals surface area contributed by atoms with Crippen LogP contribution >= 0.6 is 12.4 Å². The number of nitrogens with two attached hydrogens (primary N) is 1. The van der Waals surface area contributed by atoms with Crippen molar-refractivity contribution in [3.05, 3.63) is 24.3 Å². The molecule has 3 rings (SSSR count). The van der Waals surface area contributed by atoms with Crippen molar-refractivity contribution in [3.8, 4) is 0 Å². The summed E-state index contributed by atoms with van der Waals surface area (Å²) in [6, 6.07) is 6.29. The van der Waals surface area contributed by atoms with Gasteiger partial charge in [-0.15, -0.1) is 12.4 Å². The van der Waals surface area contributed by atoms with Crippen molar-refractivity contribution < 1.29 is 13.2 Å². The van der Waals surface area contributed by atoms with Crippen LogP contribution in [0.3, 0.4) is 0 Å². The van der Waals surface area contributed by atoms with E-state index < -0.39 is 15.6 Å². The maximum absolute atomic E-state index is 12.5. The maximum atomic E-state index is 12.5. The van der Waals surface area contributed by atoms with Crippen LogP contribution in [-0.4, -0.2) is 26.4 Å². The highest BCUT2D eigenvalue weighted by Gasteiger charge is 2.37. The van der Waals surface area contributed by atoms with Gasteiger partial charge < -0.3 is 11.1 Å². The van der Waals surface area contributed by atoms with Crippen LogP contribution in [0.15, 0.2) is 29.2 Å². The molecule has 0 saturated heterocycles. The largest absolute Gasteiger partial charge is 0.326 e. The summed E-state index contributed by atoms with van der Waals surface area (Å²) in [7, 11) is -3.48. The standard InChI is InChI=1S/C18H27N3O3S.ClH/c1-18(19)11-3-2-4-16(18)17(22)21-14-7-9-15(10-8-14)25(23,24)20-12-13-5-6-13;/h7-10,13,16,20H,2-6,11-12,19H2,1H3,(H,21,22);1H. The quantitative estimate of drug-likeness (QED) is 0.681. The Balaban J connectivity index is 0.00000243. The van der Waals surface area contributed by atoms with E-state index in [9.17, 15) is 13.2 Å². The summed E-state index contributed by atoms with van der Waals surface area (Å²) in [6.45, 7) is 2.43. The number of hydrogen-bond donors (Lipinski definition) is 3. The minimum atomic E-state index is -3.48. The van der Waals surface area contributed by atoms with Crippen molar-refractivity contribution in [1.29, 1.82) is 0 Å². The molecular weight excluding hydrogens is 374 g/mol. The normalized spacial score (nSPS) is 26.0. The Morgan fingerprint density at radius 2 is 1.85 bits per heavy atom. The number of hydrogen-bond acceptors (Lipinski definition) is 4. The molecule has 0 heterocycles. The molecule has 1 amide bonds. The highest BCUT2D eigenvalue weighted by molar-refractivity contribution is 7.89. The number of halogens is 1. The van der Waals surface area contributed by atoms with E-state index in [0.717, 1.165) is 38.5 Å². The van der Waals surface area contributed by atoms with Crippen molar-refractivity contribution in [1.82, 2.24) is 4.72 Å². The van der Waals surface area contributed by atoms with Crippen LogP contribution in [0, 0.1) is 11.8 Å². The zero-order valence-electron chi connectivity index (χ0n) is 15.0. The van der Waals surface area contributed by atoms with Gasteiger partial charge in [0.05, 0.1) is 10.8 Å². The SMILES string of the molecule is CC1(N)CCCCC1C(=O)Nc1ccc(S(=O)(=O)NCC2CC2)cc1.Cl. The fourth-order valence-corrected chi connectivity index (χ4v) is 4.48. The summed E-state index contributed by atoms with van der Waals surface area (Å²) in [5.41, 5.74) is 6.37. The van der Waals surface area contributed by atoms with E-state index in [2.05, 4.69) is 10.0 Å². The molecule has 1 aromatic rings. The van der Waals surface area contributed by atoms with Gasteiger partial charge in [-0.1, -0.05) is 12.8 Å². The number of carbonyl (C=O) groups excluding carboxylic acids is 1. The molecule has 0 aliphatic heterocycles. The Kier molecular flexibility index (Phi) is 6.71. The molecule has 2 atom stereocenters. The van der Waals surface area contributed by atoms with Gasteiger partial charge in [-0.05, 0) is 62.8 Å². The van der Waals surface area contributed by atoms with Gasteiger partial charge in [0.25, 0.3) is 0 Å². The van der Waals surface area contributed by atoms with E-state index in [0.29, 0.717) is 18.2 Å². The minimum Gasteiger partial charge on any atom is -0.326 e. The highest BCUT2D eigenvalue weighted by Crippen LogP contribution is 2.32. The van der Waals surface area contributed by atoms with Crippen molar-refractivity contribution in [3.63, 3.8) is 0 Å². The third kappa shape index (κ3) is 5.19. The molecule has 0 spiro atoms. The molecule has 0 aromatic heterocycles. The lowest BCUT2D eigenvalue weighted by Gasteiger charge is -2.37. The summed E-state index contributed by atoms with van der Waals surface area (Å²) < 4.78 is 27.1. The summed E-state index contributed by atoms with van der Waals surface area (Å²) >= 11 is 0. The molecule has 2 fully saturated rings. The topological polar surface area (TPSA) is 101 Å². The Hall–Kier alpha value is -1.15. The molecule has 0 radical (unpaired) electrons. The first-order valence-electron chi connectivity index (χ1n) is 8.97. The molecule has 8 heteroatoms. The second-order valence-corrected chi connectivity index (χ2v) is 9.38. The number of sulfonamides is 1. The first kappa shape index (κ1) is 21.2. The van der Waals surface area contributed by atoms with Crippen LogP contribution in [0.2, 0.25) is 0 Å². The van der Waals surface area contributed by atoms with Gasteiger partial charge in [-0.3, -0.25) is 4.79 Å². The first-order chi connectivity index (χ1) is 11.8. The second-order valence-electron chi connectivity index (χ2n) is 7.61. The Morgan fingerprint density at radius 1 is 1.19 bits per heavy atom. The summed E-state index contributed by atoms with van der Waals surface area (Å²) in [5.74, 6) is 0.173. The second kappa shape index (κ2) is 8.25. The van der Waals surface area contributed by atoms with Gasteiger partial charge in [0.1, 0.15) is 0 Å². The van der Waals surface area contributed by atoms with Crippen molar-refractivity contribution in [2.45, 2.75) is 55.9 Å². The van der Waals surface area contributed by atoms with Crippen molar-refractivity contribution in [2.75, 3.05) is 11.9 Å². The Bertz CT molecular complexity index is 731. The maximum Gasteiger partial charge on any atom is 0.240 e. The minimum absolute atomic E-state index is 0. The third-order valence-electron chi connectivity index (χ3n) is 5.26. The summed E-state index contributed by atoms with van der Waals surface area (Å²) in [4.78, 5) is 12.7. The van der Waals surface area contributed by atoms with Crippen LogP contribution in [0.4, 0.5) is 5.69 Å². The zero-order valence-corrected chi connectivity index (χ0v) is 16.7.